The topological polar surface area (TPSA) is 79.3 Å². The van der Waals surface area contributed by atoms with E-state index in [1.165, 1.54) is 4.90 Å². The van der Waals surface area contributed by atoms with Gasteiger partial charge in [0.1, 0.15) is 30.5 Å². The summed E-state index contributed by atoms with van der Waals surface area (Å²) in [4.78, 5) is 29.8. The summed E-state index contributed by atoms with van der Waals surface area (Å²) in [6.45, 7) is 7.37. The molecule has 0 radical (unpaired) electrons. The van der Waals surface area contributed by atoms with Crippen LogP contribution in [0.5, 0.6) is 11.5 Å². The first-order chi connectivity index (χ1) is 18.8. The first kappa shape index (κ1) is 27.7. The molecule has 1 fully saturated rings. The van der Waals surface area contributed by atoms with Crippen LogP contribution in [0.15, 0.2) is 91.0 Å². The molecule has 1 aliphatic heterocycles. The molecule has 39 heavy (non-hydrogen) atoms. The minimum Gasteiger partial charge on any atom is -0.507 e. The van der Waals surface area contributed by atoms with Gasteiger partial charge in [-0.05, 0) is 68.5 Å². The Morgan fingerprint density at radius 1 is 1.00 bits per heavy atom. The molecule has 3 aromatic carbocycles. The number of likely N-dealkylation sites (N-methyl/N-ethyl adjacent to an activating group) is 1. The Balaban J connectivity index is 1.63. The van der Waals surface area contributed by atoms with Gasteiger partial charge in [0.05, 0.1) is 11.6 Å². The molecule has 4 rings (SSSR count). The fourth-order valence-corrected chi connectivity index (χ4v) is 4.50. The average Bonchev–Trinajstić information content (AvgIpc) is 3.19. The standard InChI is InChI=1S/C32H34N2O5/c1-5-19-38-26-13-9-24(10-14-26)29-28(31(36)32(37)34(29)18-17-33(3)4)30(35)25-11-15-27(16-12-25)39-21-23-8-6-7-22(2)20-23/h5-16,20,29,35H,1,17-19,21H2,2-4H3/t29-/m1/s1. The molecule has 202 valence electrons. The van der Waals surface area contributed by atoms with Crippen molar-refractivity contribution < 1.29 is 24.2 Å². The maximum absolute atomic E-state index is 13.2. The molecule has 0 bridgehead atoms. The predicted octanol–water partition coefficient (Wildman–Crippen LogP) is 5.12. The van der Waals surface area contributed by atoms with Gasteiger partial charge in [0, 0.05) is 18.7 Å². The number of aliphatic hydroxyl groups is 1. The second-order valence-electron chi connectivity index (χ2n) is 9.77. The van der Waals surface area contributed by atoms with Crippen LogP contribution in [0.25, 0.3) is 5.76 Å². The number of ketones is 1. The Labute approximate surface area is 229 Å². The number of benzene rings is 3. The van der Waals surface area contributed by atoms with Gasteiger partial charge in [0.25, 0.3) is 11.7 Å². The van der Waals surface area contributed by atoms with Crippen molar-refractivity contribution in [1.29, 1.82) is 0 Å². The van der Waals surface area contributed by atoms with Gasteiger partial charge in [-0.1, -0.05) is 54.6 Å². The summed E-state index contributed by atoms with van der Waals surface area (Å²) in [6.07, 6.45) is 1.66. The number of likely N-dealkylation sites (tertiary alicyclic amines) is 1. The summed E-state index contributed by atoms with van der Waals surface area (Å²) in [6, 6.07) is 21.4. The predicted molar refractivity (Wildman–Crippen MR) is 152 cm³/mol. The van der Waals surface area contributed by atoms with Crippen LogP contribution in [0.3, 0.4) is 0 Å². The van der Waals surface area contributed by atoms with Crippen LogP contribution in [-0.4, -0.2) is 60.4 Å². The number of carbonyl (C=O) groups excluding carboxylic acids is 2. The average molecular weight is 527 g/mol. The number of hydrogen-bond donors (Lipinski definition) is 1. The van der Waals surface area contributed by atoms with E-state index >= 15 is 0 Å². The van der Waals surface area contributed by atoms with Gasteiger partial charge in [-0.25, -0.2) is 0 Å². The van der Waals surface area contributed by atoms with E-state index in [0.29, 0.717) is 48.9 Å². The highest BCUT2D eigenvalue weighted by Crippen LogP contribution is 2.40. The molecule has 0 saturated carbocycles. The van der Waals surface area contributed by atoms with E-state index < -0.39 is 17.7 Å². The number of carbonyl (C=O) groups is 2. The highest BCUT2D eigenvalue weighted by atomic mass is 16.5. The van der Waals surface area contributed by atoms with Crippen LogP contribution in [0, 0.1) is 6.92 Å². The summed E-state index contributed by atoms with van der Waals surface area (Å²) in [7, 11) is 3.81. The summed E-state index contributed by atoms with van der Waals surface area (Å²) < 4.78 is 11.5. The number of Topliss-reactive ketones (excluding diaryl/α,β-unsaturated/α-hetero) is 1. The van der Waals surface area contributed by atoms with Crippen molar-refractivity contribution in [3.8, 4) is 11.5 Å². The van der Waals surface area contributed by atoms with Gasteiger partial charge in [0.15, 0.2) is 0 Å². The second-order valence-corrected chi connectivity index (χ2v) is 9.77. The molecule has 7 heteroatoms. The maximum atomic E-state index is 13.2. The maximum Gasteiger partial charge on any atom is 0.295 e. The molecule has 0 spiro atoms. The molecule has 1 amide bonds. The van der Waals surface area contributed by atoms with Crippen molar-refractivity contribution in [1.82, 2.24) is 9.80 Å². The van der Waals surface area contributed by atoms with Crippen molar-refractivity contribution in [2.24, 2.45) is 0 Å². The monoisotopic (exact) mass is 526 g/mol. The minimum atomic E-state index is -0.726. The fraction of sp³-hybridized carbons (Fsp3) is 0.250. The Morgan fingerprint density at radius 2 is 1.67 bits per heavy atom. The van der Waals surface area contributed by atoms with Crippen LogP contribution in [0.4, 0.5) is 0 Å². The van der Waals surface area contributed by atoms with E-state index in [0.717, 1.165) is 11.1 Å². The SMILES string of the molecule is C=CCOc1ccc([C@@H]2C(=C(O)c3ccc(OCc4cccc(C)c4)cc3)C(=O)C(=O)N2CCN(C)C)cc1. The lowest BCUT2D eigenvalue weighted by Crippen LogP contribution is -2.35. The van der Waals surface area contributed by atoms with E-state index in [2.05, 4.69) is 12.6 Å². The van der Waals surface area contributed by atoms with Crippen LogP contribution >= 0.6 is 0 Å². The van der Waals surface area contributed by atoms with Gasteiger partial charge < -0.3 is 24.4 Å². The third-order valence-corrected chi connectivity index (χ3v) is 6.51. The molecule has 1 saturated heterocycles. The minimum absolute atomic E-state index is 0.0620. The molecule has 1 aliphatic rings. The lowest BCUT2D eigenvalue weighted by molar-refractivity contribution is -0.140. The van der Waals surface area contributed by atoms with E-state index in [-0.39, 0.29) is 11.3 Å². The van der Waals surface area contributed by atoms with E-state index in [9.17, 15) is 14.7 Å². The normalized spacial score (nSPS) is 16.5. The Morgan fingerprint density at radius 3 is 2.31 bits per heavy atom. The number of amides is 1. The fourth-order valence-electron chi connectivity index (χ4n) is 4.50. The van der Waals surface area contributed by atoms with E-state index in [4.69, 9.17) is 9.47 Å². The van der Waals surface area contributed by atoms with Crippen LogP contribution in [-0.2, 0) is 16.2 Å². The zero-order chi connectivity index (χ0) is 27.9. The van der Waals surface area contributed by atoms with Crippen molar-refractivity contribution >= 4 is 17.4 Å². The number of nitrogens with zero attached hydrogens (tertiary/aromatic N) is 2. The van der Waals surface area contributed by atoms with Crippen molar-refractivity contribution in [2.75, 3.05) is 33.8 Å². The molecule has 1 atom stereocenters. The smallest absolute Gasteiger partial charge is 0.295 e. The van der Waals surface area contributed by atoms with Crippen molar-refractivity contribution in [2.45, 2.75) is 19.6 Å². The van der Waals surface area contributed by atoms with Gasteiger partial charge in [0.2, 0.25) is 0 Å². The van der Waals surface area contributed by atoms with E-state index in [1.54, 1.807) is 42.5 Å². The second kappa shape index (κ2) is 12.5. The summed E-state index contributed by atoms with van der Waals surface area (Å²) in [5.41, 5.74) is 3.41. The highest BCUT2D eigenvalue weighted by molar-refractivity contribution is 6.46. The molecule has 3 aromatic rings. The molecule has 0 aromatic heterocycles. The molecule has 7 nitrogen and oxygen atoms in total. The van der Waals surface area contributed by atoms with Gasteiger partial charge in [-0.15, -0.1) is 0 Å². The zero-order valence-corrected chi connectivity index (χ0v) is 22.6. The Kier molecular flexibility index (Phi) is 8.84. The summed E-state index contributed by atoms with van der Waals surface area (Å²) in [5.74, 6) is -0.282. The summed E-state index contributed by atoms with van der Waals surface area (Å²) in [5, 5.41) is 11.3. The molecule has 0 aliphatic carbocycles. The van der Waals surface area contributed by atoms with Gasteiger partial charge in [-0.2, -0.15) is 0 Å². The highest BCUT2D eigenvalue weighted by Gasteiger charge is 2.45. The van der Waals surface area contributed by atoms with Crippen molar-refractivity contribution in [3.05, 3.63) is 113 Å². The number of ether oxygens (including phenoxy) is 2. The van der Waals surface area contributed by atoms with Gasteiger partial charge >= 0.3 is 0 Å². The van der Waals surface area contributed by atoms with Gasteiger partial charge in [-0.3, -0.25) is 9.59 Å². The molecule has 0 unspecified atom stereocenters. The van der Waals surface area contributed by atoms with Crippen LogP contribution < -0.4 is 9.47 Å². The van der Waals surface area contributed by atoms with Crippen LogP contribution in [0.2, 0.25) is 0 Å². The summed E-state index contributed by atoms with van der Waals surface area (Å²) >= 11 is 0. The molecular weight excluding hydrogens is 492 g/mol. The van der Waals surface area contributed by atoms with Crippen LogP contribution in [0.1, 0.15) is 28.3 Å². The lowest BCUT2D eigenvalue weighted by Gasteiger charge is -2.26. The number of rotatable bonds is 11. The first-order valence-electron chi connectivity index (χ1n) is 12.8. The number of hydrogen-bond acceptors (Lipinski definition) is 6. The van der Waals surface area contributed by atoms with E-state index in [1.807, 2.05) is 56.3 Å². The molecular formula is C32H34N2O5. The third-order valence-electron chi connectivity index (χ3n) is 6.51. The molecule has 1 N–H and O–H groups in total. The quantitative estimate of drug-likeness (QED) is 0.162. The zero-order valence-electron chi connectivity index (χ0n) is 22.6. The molecule has 1 heterocycles. The Hall–Kier alpha value is -4.36. The number of aliphatic hydroxyl groups excluding tert-OH is 1. The Bertz CT molecular complexity index is 1360. The lowest BCUT2D eigenvalue weighted by atomic mass is 9.95. The third kappa shape index (κ3) is 6.56. The number of aryl methyl sites for hydroxylation is 1. The first-order valence-corrected chi connectivity index (χ1v) is 12.8. The van der Waals surface area contributed by atoms with Crippen molar-refractivity contribution in [3.63, 3.8) is 0 Å². The largest absolute Gasteiger partial charge is 0.507 e.